The Balaban J connectivity index is 1.89. The van der Waals surface area contributed by atoms with Crippen LogP contribution >= 0.6 is 11.3 Å². The number of thiazole rings is 1. The van der Waals surface area contributed by atoms with E-state index in [0.717, 1.165) is 12.5 Å². The predicted octanol–water partition coefficient (Wildman–Crippen LogP) is 4.04. The van der Waals surface area contributed by atoms with Crippen LogP contribution in [-0.4, -0.2) is 11.5 Å². The van der Waals surface area contributed by atoms with E-state index in [-0.39, 0.29) is 5.54 Å². The second-order valence-electron chi connectivity index (χ2n) is 6.39. The summed E-state index contributed by atoms with van der Waals surface area (Å²) in [4.78, 5) is 6.60. The zero-order chi connectivity index (χ0) is 13.3. The molecule has 19 heavy (non-hydrogen) atoms. The number of fused-ring (bicyclic) bond motifs is 1. The second kappa shape index (κ2) is 5.53. The molecule has 2 aliphatic carbocycles. The van der Waals surface area contributed by atoms with Crippen molar-refractivity contribution in [3.05, 3.63) is 15.6 Å². The molecule has 0 bridgehead atoms. The van der Waals surface area contributed by atoms with Gasteiger partial charge in [0.2, 0.25) is 0 Å². The molecule has 0 aliphatic heterocycles. The van der Waals surface area contributed by atoms with Crippen LogP contribution < -0.4 is 5.32 Å². The molecule has 2 nitrogen and oxygen atoms in total. The van der Waals surface area contributed by atoms with Crippen molar-refractivity contribution in [2.45, 2.75) is 70.8 Å². The number of nitrogens with zero attached hydrogens (tertiary/aromatic N) is 1. The molecule has 3 rings (SSSR count). The van der Waals surface area contributed by atoms with Crippen LogP contribution in [0.3, 0.4) is 0 Å². The van der Waals surface area contributed by atoms with Crippen molar-refractivity contribution in [1.82, 2.24) is 10.3 Å². The van der Waals surface area contributed by atoms with E-state index in [1.165, 1.54) is 62.1 Å². The van der Waals surface area contributed by atoms with Gasteiger partial charge >= 0.3 is 0 Å². The van der Waals surface area contributed by atoms with Gasteiger partial charge in [0.1, 0.15) is 5.01 Å². The molecule has 0 aromatic carbocycles. The van der Waals surface area contributed by atoms with E-state index in [1.54, 1.807) is 4.88 Å². The summed E-state index contributed by atoms with van der Waals surface area (Å²) in [5.74, 6) is 0.882. The van der Waals surface area contributed by atoms with Crippen LogP contribution in [0.25, 0.3) is 0 Å². The molecule has 106 valence electrons. The lowest BCUT2D eigenvalue weighted by Crippen LogP contribution is -2.42. The summed E-state index contributed by atoms with van der Waals surface area (Å²) in [6.07, 6.45) is 10.4. The molecule has 1 aromatic rings. The Morgan fingerprint density at radius 2 is 2.16 bits per heavy atom. The Hall–Kier alpha value is -0.410. The maximum Gasteiger partial charge on any atom is 0.113 e. The average molecular weight is 278 g/mol. The smallest absolute Gasteiger partial charge is 0.113 e. The van der Waals surface area contributed by atoms with Crippen molar-refractivity contribution in [3.8, 4) is 0 Å². The second-order valence-corrected chi connectivity index (χ2v) is 7.47. The van der Waals surface area contributed by atoms with Crippen LogP contribution in [0.5, 0.6) is 0 Å². The van der Waals surface area contributed by atoms with Gasteiger partial charge in [0, 0.05) is 4.88 Å². The zero-order valence-corrected chi connectivity index (χ0v) is 13.1. The third-order valence-electron chi connectivity index (χ3n) is 4.88. The SMILES string of the molecule is CCNC1(c2nc3c(s2)CCC3)CCCC(C)CC1. The summed E-state index contributed by atoms with van der Waals surface area (Å²) in [5, 5.41) is 5.21. The molecule has 0 spiro atoms. The van der Waals surface area contributed by atoms with E-state index in [4.69, 9.17) is 4.98 Å². The molecule has 2 aliphatic rings. The fraction of sp³-hybridized carbons (Fsp3) is 0.812. The topological polar surface area (TPSA) is 24.9 Å². The highest BCUT2D eigenvalue weighted by Crippen LogP contribution is 2.41. The first-order valence-corrected chi connectivity index (χ1v) is 8.79. The molecular formula is C16H26N2S. The summed E-state index contributed by atoms with van der Waals surface area (Å²) >= 11 is 2.00. The van der Waals surface area contributed by atoms with Gasteiger partial charge in [0.15, 0.2) is 0 Å². The summed E-state index contributed by atoms with van der Waals surface area (Å²) in [7, 11) is 0. The number of rotatable bonds is 3. The molecular weight excluding hydrogens is 252 g/mol. The third-order valence-corrected chi connectivity index (χ3v) is 6.25. The third kappa shape index (κ3) is 2.59. The quantitative estimate of drug-likeness (QED) is 0.844. The molecule has 0 radical (unpaired) electrons. The van der Waals surface area contributed by atoms with Crippen molar-refractivity contribution in [2.24, 2.45) is 5.92 Å². The minimum absolute atomic E-state index is 0.189. The van der Waals surface area contributed by atoms with Gasteiger partial charge in [-0.05, 0) is 51.0 Å². The summed E-state index contributed by atoms with van der Waals surface area (Å²) in [5.41, 5.74) is 1.60. The molecule has 3 heteroatoms. The molecule has 0 amide bonds. The van der Waals surface area contributed by atoms with Crippen LogP contribution in [0.15, 0.2) is 0 Å². The summed E-state index contributed by atoms with van der Waals surface area (Å²) in [6.45, 7) is 5.69. The fourth-order valence-electron chi connectivity index (χ4n) is 3.71. The molecule has 1 fully saturated rings. The maximum absolute atomic E-state index is 5.03. The van der Waals surface area contributed by atoms with Crippen LogP contribution in [0.1, 0.15) is 68.0 Å². The van der Waals surface area contributed by atoms with Crippen molar-refractivity contribution in [3.63, 3.8) is 0 Å². The van der Waals surface area contributed by atoms with Crippen LogP contribution in [-0.2, 0) is 18.4 Å². The average Bonchev–Trinajstić information content (AvgIpc) is 2.92. The lowest BCUT2D eigenvalue weighted by molar-refractivity contribution is 0.291. The standard InChI is InChI=1S/C16H26N2S/c1-3-17-16(10-5-6-12(2)9-11-16)15-18-13-7-4-8-14(13)19-15/h12,17H,3-11H2,1-2H3. The normalized spacial score (nSPS) is 31.2. The molecule has 1 aromatic heterocycles. The minimum atomic E-state index is 0.189. The monoisotopic (exact) mass is 278 g/mol. The molecule has 2 unspecified atom stereocenters. The first kappa shape index (κ1) is 13.6. The number of hydrogen-bond donors (Lipinski definition) is 1. The Labute approximate surface area is 121 Å². The highest BCUT2D eigenvalue weighted by Gasteiger charge is 2.37. The first-order chi connectivity index (χ1) is 9.23. The molecule has 1 saturated carbocycles. The number of hydrogen-bond acceptors (Lipinski definition) is 3. The van der Waals surface area contributed by atoms with E-state index in [2.05, 4.69) is 19.2 Å². The first-order valence-electron chi connectivity index (χ1n) is 7.97. The highest BCUT2D eigenvalue weighted by molar-refractivity contribution is 7.12. The molecule has 0 saturated heterocycles. The van der Waals surface area contributed by atoms with E-state index >= 15 is 0 Å². The predicted molar refractivity (Wildman–Crippen MR) is 81.7 cm³/mol. The van der Waals surface area contributed by atoms with Gasteiger partial charge in [-0.2, -0.15) is 0 Å². The van der Waals surface area contributed by atoms with E-state index in [9.17, 15) is 0 Å². The van der Waals surface area contributed by atoms with Gasteiger partial charge in [0.05, 0.1) is 11.2 Å². The van der Waals surface area contributed by atoms with Gasteiger partial charge in [-0.25, -0.2) is 4.98 Å². The fourth-order valence-corrected chi connectivity index (χ4v) is 5.09. The Morgan fingerprint density at radius 1 is 1.26 bits per heavy atom. The molecule has 2 atom stereocenters. The van der Waals surface area contributed by atoms with Crippen molar-refractivity contribution in [1.29, 1.82) is 0 Å². The lowest BCUT2D eigenvalue weighted by Gasteiger charge is -2.32. The minimum Gasteiger partial charge on any atom is -0.306 e. The Kier molecular flexibility index (Phi) is 3.95. The number of nitrogens with one attached hydrogen (secondary N) is 1. The van der Waals surface area contributed by atoms with Crippen molar-refractivity contribution >= 4 is 11.3 Å². The lowest BCUT2D eigenvalue weighted by atomic mass is 9.90. The van der Waals surface area contributed by atoms with Crippen molar-refractivity contribution < 1.29 is 0 Å². The Morgan fingerprint density at radius 3 is 2.95 bits per heavy atom. The van der Waals surface area contributed by atoms with Crippen molar-refractivity contribution in [2.75, 3.05) is 6.54 Å². The van der Waals surface area contributed by atoms with Gasteiger partial charge in [-0.3, -0.25) is 0 Å². The molecule has 1 N–H and O–H groups in total. The largest absolute Gasteiger partial charge is 0.306 e. The van der Waals surface area contributed by atoms with E-state index in [1.807, 2.05) is 11.3 Å². The summed E-state index contributed by atoms with van der Waals surface area (Å²) < 4.78 is 0. The molecule has 1 heterocycles. The van der Waals surface area contributed by atoms with Crippen LogP contribution in [0.4, 0.5) is 0 Å². The highest BCUT2D eigenvalue weighted by atomic mass is 32.1. The number of aromatic nitrogens is 1. The van der Waals surface area contributed by atoms with Gasteiger partial charge in [-0.1, -0.05) is 26.7 Å². The maximum atomic E-state index is 5.03. The van der Waals surface area contributed by atoms with Gasteiger partial charge in [-0.15, -0.1) is 11.3 Å². The van der Waals surface area contributed by atoms with Crippen LogP contribution in [0.2, 0.25) is 0 Å². The van der Waals surface area contributed by atoms with Gasteiger partial charge in [0.25, 0.3) is 0 Å². The van der Waals surface area contributed by atoms with E-state index in [0.29, 0.717) is 0 Å². The number of aryl methyl sites for hydroxylation is 2. The van der Waals surface area contributed by atoms with Gasteiger partial charge < -0.3 is 5.32 Å². The van der Waals surface area contributed by atoms with E-state index < -0.39 is 0 Å². The Bertz CT molecular complexity index is 418. The summed E-state index contributed by atoms with van der Waals surface area (Å²) in [6, 6.07) is 0. The van der Waals surface area contributed by atoms with Crippen LogP contribution in [0, 0.1) is 5.92 Å². The zero-order valence-electron chi connectivity index (χ0n) is 12.3.